The predicted molar refractivity (Wildman–Crippen MR) is 71.1 cm³/mol. The van der Waals surface area contributed by atoms with Crippen LogP contribution in [0.3, 0.4) is 0 Å². The third-order valence-electron chi connectivity index (χ3n) is 3.60. The van der Waals surface area contributed by atoms with E-state index in [0.29, 0.717) is 0 Å². The molecular formula is C16H12F3NO. The third kappa shape index (κ3) is 2.18. The van der Waals surface area contributed by atoms with Crippen LogP contribution >= 0.6 is 0 Å². The standard InChI is InChI=1S/C16H12F3NO/c17-13-9-5-4-8-12(13)14-16(18,19)15(21)20(14)10-11-6-2-1-3-7-11/h1-9,14H,10H2. The van der Waals surface area contributed by atoms with Crippen molar-refractivity contribution >= 4 is 5.91 Å². The summed E-state index contributed by atoms with van der Waals surface area (Å²) in [6, 6.07) is 12.6. The van der Waals surface area contributed by atoms with Crippen LogP contribution in [-0.2, 0) is 11.3 Å². The Bertz CT molecular complexity index is 672. The molecule has 1 fully saturated rings. The summed E-state index contributed by atoms with van der Waals surface area (Å²) in [6.45, 7) is 0.0360. The lowest BCUT2D eigenvalue weighted by Crippen LogP contribution is -2.63. The zero-order valence-electron chi connectivity index (χ0n) is 11.0. The average molecular weight is 291 g/mol. The molecule has 21 heavy (non-hydrogen) atoms. The number of hydrogen-bond donors (Lipinski definition) is 0. The Balaban J connectivity index is 1.93. The SMILES string of the molecule is O=C1N(Cc2ccccc2)C(c2ccccc2F)C1(F)F. The fourth-order valence-corrected chi connectivity index (χ4v) is 2.56. The molecular weight excluding hydrogens is 279 g/mol. The molecule has 0 bridgehead atoms. The summed E-state index contributed by atoms with van der Waals surface area (Å²) in [5, 5.41) is 0. The number of carbonyl (C=O) groups is 1. The van der Waals surface area contributed by atoms with Crippen molar-refractivity contribution in [2.24, 2.45) is 0 Å². The largest absolute Gasteiger partial charge is 0.348 e. The van der Waals surface area contributed by atoms with E-state index in [-0.39, 0.29) is 12.1 Å². The van der Waals surface area contributed by atoms with Crippen LogP contribution in [0.25, 0.3) is 0 Å². The first kappa shape index (κ1) is 13.7. The average Bonchev–Trinajstić information content (AvgIpc) is 2.49. The van der Waals surface area contributed by atoms with Crippen molar-refractivity contribution in [2.45, 2.75) is 18.5 Å². The number of nitrogens with zero attached hydrogens (tertiary/aromatic N) is 1. The Morgan fingerprint density at radius 2 is 1.62 bits per heavy atom. The van der Waals surface area contributed by atoms with Gasteiger partial charge in [0.25, 0.3) is 5.91 Å². The molecule has 3 rings (SSSR count). The number of likely N-dealkylation sites (tertiary alicyclic amines) is 1. The Morgan fingerprint density at radius 1 is 1.00 bits per heavy atom. The molecule has 1 saturated heterocycles. The first-order valence-corrected chi connectivity index (χ1v) is 6.49. The van der Waals surface area contributed by atoms with Crippen molar-refractivity contribution in [3.05, 3.63) is 71.5 Å². The van der Waals surface area contributed by atoms with Crippen LogP contribution in [0.2, 0.25) is 0 Å². The predicted octanol–water partition coefficient (Wildman–Crippen LogP) is 3.54. The van der Waals surface area contributed by atoms with Gasteiger partial charge in [0.15, 0.2) is 0 Å². The van der Waals surface area contributed by atoms with Crippen LogP contribution in [0.1, 0.15) is 17.2 Å². The minimum Gasteiger partial charge on any atom is -0.319 e. The number of rotatable bonds is 3. The van der Waals surface area contributed by atoms with Crippen molar-refractivity contribution < 1.29 is 18.0 Å². The van der Waals surface area contributed by atoms with E-state index in [2.05, 4.69) is 0 Å². The molecule has 2 nitrogen and oxygen atoms in total. The van der Waals surface area contributed by atoms with E-state index >= 15 is 0 Å². The van der Waals surface area contributed by atoms with Crippen LogP contribution in [0.4, 0.5) is 13.2 Å². The van der Waals surface area contributed by atoms with E-state index in [9.17, 15) is 18.0 Å². The molecule has 0 N–H and O–H groups in total. The molecule has 1 atom stereocenters. The summed E-state index contributed by atoms with van der Waals surface area (Å²) in [7, 11) is 0. The van der Waals surface area contributed by atoms with Gasteiger partial charge in [-0.15, -0.1) is 0 Å². The van der Waals surface area contributed by atoms with Gasteiger partial charge in [0.05, 0.1) is 0 Å². The Kier molecular flexibility index (Phi) is 3.20. The molecule has 0 aliphatic carbocycles. The van der Waals surface area contributed by atoms with Gasteiger partial charge in [0.1, 0.15) is 11.9 Å². The van der Waals surface area contributed by atoms with Crippen molar-refractivity contribution in [1.82, 2.24) is 4.90 Å². The Labute approximate surface area is 119 Å². The summed E-state index contributed by atoms with van der Waals surface area (Å²) < 4.78 is 41.5. The normalized spacial score (nSPS) is 20.2. The van der Waals surface area contributed by atoms with Gasteiger partial charge in [-0.2, -0.15) is 8.78 Å². The molecule has 1 unspecified atom stereocenters. The van der Waals surface area contributed by atoms with E-state index in [1.54, 1.807) is 30.3 Å². The molecule has 0 aromatic heterocycles. The van der Waals surface area contributed by atoms with Gasteiger partial charge in [0, 0.05) is 12.1 Å². The van der Waals surface area contributed by atoms with E-state index in [0.717, 1.165) is 16.5 Å². The molecule has 1 amide bonds. The van der Waals surface area contributed by atoms with Gasteiger partial charge in [-0.05, 0) is 11.6 Å². The number of carbonyl (C=O) groups excluding carboxylic acids is 1. The fourth-order valence-electron chi connectivity index (χ4n) is 2.56. The summed E-state index contributed by atoms with van der Waals surface area (Å²) in [4.78, 5) is 12.6. The number of amides is 1. The second kappa shape index (κ2) is 4.91. The zero-order chi connectivity index (χ0) is 15.0. The first-order valence-electron chi connectivity index (χ1n) is 6.49. The van der Waals surface area contributed by atoms with Crippen LogP contribution < -0.4 is 0 Å². The van der Waals surface area contributed by atoms with Gasteiger partial charge in [-0.25, -0.2) is 4.39 Å². The van der Waals surface area contributed by atoms with E-state index < -0.39 is 23.7 Å². The maximum atomic E-state index is 13.9. The molecule has 5 heteroatoms. The molecule has 1 aliphatic heterocycles. The van der Waals surface area contributed by atoms with Gasteiger partial charge < -0.3 is 4.90 Å². The number of benzene rings is 2. The van der Waals surface area contributed by atoms with Gasteiger partial charge in [-0.3, -0.25) is 4.79 Å². The quantitative estimate of drug-likeness (QED) is 0.792. The van der Waals surface area contributed by atoms with E-state index in [1.807, 2.05) is 0 Å². The summed E-state index contributed by atoms with van der Waals surface area (Å²) in [5.41, 5.74) is 0.570. The van der Waals surface area contributed by atoms with Gasteiger partial charge in [-0.1, -0.05) is 48.5 Å². The Morgan fingerprint density at radius 3 is 2.29 bits per heavy atom. The first-order chi connectivity index (χ1) is 10.0. The highest BCUT2D eigenvalue weighted by atomic mass is 19.3. The number of hydrogen-bond acceptors (Lipinski definition) is 1. The number of alkyl halides is 2. The lowest BCUT2D eigenvalue weighted by atomic mass is 9.88. The minimum atomic E-state index is -3.56. The lowest BCUT2D eigenvalue weighted by Gasteiger charge is -2.46. The summed E-state index contributed by atoms with van der Waals surface area (Å²) >= 11 is 0. The van der Waals surface area contributed by atoms with E-state index in [4.69, 9.17) is 0 Å². The highest BCUT2D eigenvalue weighted by molar-refractivity contribution is 5.91. The minimum absolute atomic E-state index is 0.0360. The second-order valence-electron chi connectivity index (χ2n) is 4.97. The smallest absolute Gasteiger partial charge is 0.319 e. The van der Waals surface area contributed by atoms with Crippen LogP contribution in [0.15, 0.2) is 54.6 Å². The number of β-lactam (4-membered cyclic amide) rings is 1. The lowest BCUT2D eigenvalue weighted by molar-refractivity contribution is -0.208. The molecule has 0 saturated carbocycles. The summed E-state index contributed by atoms with van der Waals surface area (Å²) in [5.74, 6) is -5.55. The molecule has 108 valence electrons. The number of halogens is 3. The summed E-state index contributed by atoms with van der Waals surface area (Å²) in [6.07, 6.45) is 0. The molecule has 0 spiro atoms. The van der Waals surface area contributed by atoms with Crippen molar-refractivity contribution in [3.8, 4) is 0 Å². The van der Waals surface area contributed by atoms with Gasteiger partial charge in [0.2, 0.25) is 0 Å². The topological polar surface area (TPSA) is 20.3 Å². The maximum absolute atomic E-state index is 13.9. The van der Waals surface area contributed by atoms with Crippen LogP contribution in [0, 0.1) is 5.82 Å². The Hall–Kier alpha value is -2.30. The molecule has 1 heterocycles. The molecule has 1 aliphatic rings. The molecule has 2 aromatic carbocycles. The highest BCUT2D eigenvalue weighted by Gasteiger charge is 2.64. The van der Waals surface area contributed by atoms with Gasteiger partial charge >= 0.3 is 5.92 Å². The highest BCUT2D eigenvalue weighted by Crippen LogP contribution is 2.48. The monoisotopic (exact) mass is 291 g/mol. The molecule has 2 aromatic rings. The molecule has 0 radical (unpaired) electrons. The van der Waals surface area contributed by atoms with E-state index in [1.165, 1.54) is 18.2 Å². The van der Waals surface area contributed by atoms with Crippen molar-refractivity contribution in [2.75, 3.05) is 0 Å². The fraction of sp³-hybridized carbons (Fsp3) is 0.188. The van der Waals surface area contributed by atoms with Crippen molar-refractivity contribution in [1.29, 1.82) is 0 Å². The van der Waals surface area contributed by atoms with Crippen LogP contribution in [-0.4, -0.2) is 16.7 Å². The van der Waals surface area contributed by atoms with Crippen LogP contribution in [0.5, 0.6) is 0 Å². The third-order valence-corrected chi connectivity index (χ3v) is 3.60. The van der Waals surface area contributed by atoms with Crippen molar-refractivity contribution in [3.63, 3.8) is 0 Å². The zero-order valence-corrected chi connectivity index (χ0v) is 11.0. The second-order valence-corrected chi connectivity index (χ2v) is 4.97. The maximum Gasteiger partial charge on any atom is 0.348 e.